The summed E-state index contributed by atoms with van der Waals surface area (Å²) in [6, 6.07) is 17.5. The van der Waals surface area contributed by atoms with Gasteiger partial charge in [-0.3, -0.25) is 14.9 Å². The molecule has 164 valence electrons. The predicted molar refractivity (Wildman–Crippen MR) is 121 cm³/mol. The summed E-state index contributed by atoms with van der Waals surface area (Å²) < 4.78 is 5.39. The molecule has 2 aromatic carbocycles. The lowest BCUT2D eigenvalue weighted by Crippen LogP contribution is -2.41. The number of hydrogen-bond donors (Lipinski definition) is 1. The predicted octanol–water partition coefficient (Wildman–Crippen LogP) is 3.92. The number of nitrogens with one attached hydrogen (secondary N) is 1. The van der Waals surface area contributed by atoms with Crippen LogP contribution in [0.4, 0.5) is 17.2 Å². The normalized spacial score (nSPS) is 15.8. The Bertz CT molecular complexity index is 1120. The van der Waals surface area contributed by atoms with E-state index in [4.69, 9.17) is 4.74 Å². The fourth-order valence-corrected chi connectivity index (χ4v) is 3.87. The Morgan fingerprint density at radius 2 is 1.91 bits per heavy atom. The number of carbonyl (C=O) groups excluding carboxylic acids is 1. The smallest absolute Gasteiger partial charge is 0.292 e. The zero-order chi connectivity index (χ0) is 22.5. The molecule has 0 radical (unpaired) electrons. The number of nitro benzene ring substituents is 1. The number of nitro groups is 1. The van der Waals surface area contributed by atoms with E-state index < -0.39 is 4.92 Å². The number of para-hydroxylation sites is 3. The molecule has 1 aromatic heterocycles. The number of nitrogens with zero attached hydrogens (tertiary/aromatic N) is 4. The van der Waals surface area contributed by atoms with E-state index in [1.807, 2.05) is 41.3 Å². The number of ether oxygens (including phenoxy) is 1. The van der Waals surface area contributed by atoms with Gasteiger partial charge in [0.2, 0.25) is 5.91 Å². The van der Waals surface area contributed by atoms with Crippen molar-refractivity contribution in [3.8, 4) is 17.0 Å². The Labute approximate surface area is 185 Å². The van der Waals surface area contributed by atoms with Crippen molar-refractivity contribution in [1.82, 2.24) is 10.2 Å². The van der Waals surface area contributed by atoms with Gasteiger partial charge in [-0.25, -0.2) is 0 Å². The average Bonchev–Trinajstić information content (AvgIpc) is 2.84. The summed E-state index contributed by atoms with van der Waals surface area (Å²) in [4.78, 5) is 25.6. The second-order valence-electron chi connectivity index (χ2n) is 7.53. The topological polar surface area (TPSA) is 110 Å². The second kappa shape index (κ2) is 9.42. The first-order valence-electron chi connectivity index (χ1n) is 10.3. The van der Waals surface area contributed by atoms with Crippen molar-refractivity contribution in [3.63, 3.8) is 0 Å². The largest absolute Gasteiger partial charge is 0.496 e. The van der Waals surface area contributed by atoms with E-state index in [2.05, 4.69) is 15.5 Å². The molecule has 1 N–H and O–H groups in total. The van der Waals surface area contributed by atoms with Gasteiger partial charge >= 0.3 is 0 Å². The zero-order valence-electron chi connectivity index (χ0n) is 17.6. The Morgan fingerprint density at radius 1 is 1.12 bits per heavy atom. The number of amides is 1. The Balaban J connectivity index is 1.46. The van der Waals surface area contributed by atoms with Gasteiger partial charge in [-0.05, 0) is 43.2 Å². The first kappa shape index (κ1) is 21.2. The average molecular weight is 433 g/mol. The van der Waals surface area contributed by atoms with Crippen LogP contribution < -0.4 is 15.0 Å². The summed E-state index contributed by atoms with van der Waals surface area (Å²) in [6.45, 7) is 1.23. The van der Waals surface area contributed by atoms with Crippen LogP contribution in [0.5, 0.6) is 5.75 Å². The van der Waals surface area contributed by atoms with E-state index in [1.165, 1.54) is 6.07 Å². The minimum atomic E-state index is -0.498. The van der Waals surface area contributed by atoms with Crippen LogP contribution >= 0.6 is 0 Å². The van der Waals surface area contributed by atoms with E-state index >= 15 is 0 Å². The van der Waals surface area contributed by atoms with E-state index in [9.17, 15) is 14.9 Å². The second-order valence-corrected chi connectivity index (χ2v) is 7.53. The van der Waals surface area contributed by atoms with Crippen LogP contribution in [0.15, 0.2) is 60.7 Å². The third-order valence-electron chi connectivity index (χ3n) is 5.51. The van der Waals surface area contributed by atoms with E-state index in [0.29, 0.717) is 24.5 Å². The number of rotatable bonds is 6. The fourth-order valence-electron chi connectivity index (χ4n) is 3.87. The molecule has 1 atom stereocenters. The van der Waals surface area contributed by atoms with Crippen LogP contribution in [-0.4, -0.2) is 41.2 Å². The van der Waals surface area contributed by atoms with Gasteiger partial charge in [0.25, 0.3) is 5.69 Å². The maximum atomic E-state index is 12.8. The van der Waals surface area contributed by atoms with Crippen LogP contribution in [0, 0.1) is 16.0 Å². The van der Waals surface area contributed by atoms with Crippen molar-refractivity contribution in [2.75, 3.05) is 30.4 Å². The Kier molecular flexibility index (Phi) is 6.25. The Morgan fingerprint density at radius 3 is 2.66 bits per heavy atom. The highest BCUT2D eigenvalue weighted by atomic mass is 16.6. The van der Waals surface area contributed by atoms with Crippen molar-refractivity contribution in [2.45, 2.75) is 12.8 Å². The molecule has 1 unspecified atom stereocenters. The lowest BCUT2D eigenvalue weighted by molar-refractivity contribution is -0.383. The summed E-state index contributed by atoms with van der Waals surface area (Å²) in [7, 11) is 1.61. The lowest BCUT2D eigenvalue weighted by Gasteiger charge is -2.32. The SMILES string of the molecule is COc1ccccc1-c1ccc(N2CCCC(C(=O)Nc3ccccc3[N+](=O)[O-])C2)nn1. The molecule has 0 bridgehead atoms. The van der Waals surface area contributed by atoms with Gasteiger partial charge in [-0.2, -0.15) is 0 Å². The van der Waals surface area contributed by atoms with Gasteiger partial charge in [0, 0.05) is 24.7 Å². The third kappa shape index (κ3) is 4.51. The van der Waals surface area contributed by atoms with Gasteiger partial charge in [0.1, 0.15) is 11.4 Å². The summed E-state index contributed by atoms with van der Waals surface area (Å²) in [5.74, 6) is 0.868. The summed E-state index contributed by atoms with van der Waals surface area (Å²) in [5, 5.41) is 22.7. The number of anilines is 2. The van der Waals surface area contributed by atoms with Crippen molar-refractivity contribution in [3.05, 3.63) is 70.8 Å². The number of hydrogen-bond acceptors (Lipinski definition) is 7. The highest BCUT2D eigenvalue weighted by Gasteiger charge is 2.28. The maximum absolute atomic E-state index is 12.8. The summed E-state index contributed by atoms with van der Waals surface area (Å²) in [5.41, 5.74) is 1.65. The minimum Gasteiger partial charge on any atom is -0.496 e. The number of methoxy groups -OCH3 is 1. The van der Waals surface area contributed by atoms with Crippen molar-refractivity contribution in [1.29, 1.82) is 0 Å². The first-order chi connectivity index (χ1) is 15.6. The van der Waals surface area contributed by atoms with Crippen molar-refractivity contribution < 1.29 is 14.5 Å². The van der Waals surface area contributed by atoms with Crippen LogP contribution in [-0.2, 0) is 4.79 Å². The molecule has 2 heterocycles. The van der Waals surface area contributed by atoms with Gasteiger partial charge in [0.05, 0.1) is 23.6 Å². The molecule has 4 rings (SSSR count). The highest BCUT2D eigenvalue weighted by molar-refractivity contribution is 5.95. The van der Waals surface area contributed by atoms with Crippen LogP contribution in [0.1, 0.15) is 12.8 Å². The van der Waals surface area contributed by atoms with Crippen LogP contribution in [0.25, 0.3) is 11.3 Å². The van der Waals surface area contributed by atoms with E-state index in [-0.39, 0.29) is 23.2 Å². The molecule has 1 aliphatic rings. The molecular formula is C23H23N5O4. The number of benzene rings is 2. The molecular weight excluding hydrogens is 410 g/mol. The summed E-state index contributed by atoms with van der Waals surface area (Å²) in [6.07, 6.45) is 1.51. The number of carbonyl (C=O) groups is 1. The van der Waals surface area contributed by atoms with Crippen molar-refractivity contribution >= 4 is 23.1 Å². The van der Waals surface area contributed by atoms with Crippen molar-refractivity contribution in [2.24, 2.45) is 5.92 Å². The van der Waals surface area contributed by atoms with Crippen LogP contribution in [0.3, 0.4) is 0 Å². The monoisotopic (exact) mass is 433 g/mol. The maximum Gasteiger partial charge on any atom is 0.292 e. The van der Waals surface area contributed by atoms with E-state index in [0.717, 1.165) is 24.3 Å². The van der Waals surface area contributed by atoms with E-state index in [1.54, 1.807) is 25.3 Å². The van der Waals surface area contributed by atoms with Crippen LogP contribution in [0.2, 0.25) is 0 Å². The lowest BCUT2D eigenvalue weighted by atomic mass is 9.97. The molecule has 9 nitrogen and oxygen atoms in total. The molecule has 1 fully saturated rings. The quantitative estimate of drug-likeness (QED) is 0.463. The molecule has 1 aliphatic heterocycles. The molecule has 32 heavy (non-hydrogen) atoms. The van der Waals surface area contributed by atoms with Gasteiger partial charge in [0.15, 0.2) is 5.82 Å². The molecule has 0 saturated carbocycles. The van der Waals surface area contributed by atoms with Gasteiger partial charge in [-0.15, -0.1) is 10.2 Å². The first-order valence-corrected chi connectivity index (χ1v) is 10.3. The minimum absolute atomic E-state index is 0.119. The summed E-state index contributed by atoms with van der Waals surface area (Å²) >= 11 is 0. The molecule has 0 aliphatic carbocycles. The highest BCUT2D eigenvalue weighted by Crippen LogP contribution is 2.30. The Hall–Kier alpha value is -4.01. The molecule has 1 amide bonds. The van der Waals surface area contributed by atoms with Gasteiger partial charge < -0.3 is 15.0 Å². The third-order valence-corrected chi connectivity index (χ3v) is 5.51. The molecule has 1 saturated heterocycles. The van der Waals surface area contributed by atoms with Gasteiger partial charge in [-0.1, -0.05) is 24.3 Å². The molecule has 0 spiro atoms. The molecule has 3 aromatic rings. The number of piperidine rings is 1. The standard InChI is InChI=1S/C23H23N5O4/c1-32-21-11-5-2-8-17(21)18-12-13-22(26-25-18)27-14-6-7-16(15-27)23(29)24-19-9-3-4-10-20(19)28(30)31/h2-5,8-13,16H,6-7,14-15H2,1H3,(H,24,29). The number of aromatic nitrogens is 2. The zero-order valence-corrected chi connectivity index (χ0v) is 17.6. The fraction of sp³-hybridized carbons (Fsp3) is 0.261. The molecule has 9 heteroatoms.